The maximum Gasteiger partial charge on any atom is 0.316 e. The van der Waals surface area contributed by atoms with Crippen molar-refractivity contribution in [2.24, 2.45) is 0 Å². The van der Waals surface area contributed by atoms with Gasteiger partial charge < -0.3 is 9.47 Å². The average molecular weight is 248 g/mol. The minimum Gasteiger partial charge on any atom is -0.494 e. The zero-order chi connectivity index (χ0) is 13.6. The summed E-state index contributed by atoms with van der Waals surface area (Å²) in [6, 6.07) is 7.52. The maximum absolute atomic E-state index is 11.9. The average Bonchev–Trinajstić information content (AvgIpc) is 2.39. The first-order valence-corrected chi connectivity index (χ1v) is 6.01. The summed E-state index contributed by atoms with van der Waals surface area (Å²) in [6.45, 7) is 8.12. The Morgan fingerprint density at radius 1 is 1.39 bits per heavy atom. The molecule has 1 atom stereocenters. The molecule has 0 saturated heterocycles. The molecule has 0 aliphatic heterocycles. The summed E-state index contributed by atoms with van der Waals surface area (Å²) in [5.74, 6) is 0.540. The fraction of sp³-hybridized carbons (Fsp3) is 0.400. The van der Waals surface area contributed by atoms with Crippen molar-refractivity contribution >= 4 is 5.97 Å². The molecule has 0 aromatic heterocycles. The highest BCUT2D eigenvalue weighted by Crippen LogP contribution is 2.30. The van der Waals surface area contributed by atoms with Gasteiger partial charge in [0.15, 0.2) is 0 Å². The molecule has 0 amide bonds. The number of benzene rings is 1. The Morgan fingerprint density at radius 3 is 2.44 bits per heavy atom. The Kier molecular flexibility index (Phi) is 4.95. The summed E-state index contributed by atoms with van der Waals surface area (Å²) in [5.41, 5.74) is 0.207. The third-order valence-electron chi connectivity index (χ3n) is 2.99. The minimum absolute atomic E-state index is 0.258. The number of ether oxygens (including phenoxy) is 2. The van der Waals surface area contributed by atoms with Gasteiger partial charge in [0.1, 0.15) is 5.75 Å². The first-order valence-electron chi connectivity index (χ1n) is 6.01. The van der Waals surface area contributed by atoms with Crippen molar-refractivity contribution in [2.45, 2.75) is 25.7 Å². The molecule has 0 radical (unpaired) electrons. The lowest BCUT2D eigenvalue weighted by Gasteiger charge is -2.26. The molecule has 3 nitrogen and oxygen atoms in total. The number of hydrogen-bond acceptors (Lipinski definition) is 3. The van der Waals surface area contributed by atoms with E-state index in [0.29, 0.717) is 13.0 Å². The van der Waals surface area contributed by atoms with Crippen molar-refractivity contribution < 1.29 is 14.3 Å². The molecule has 0 fully saturated rings. The molecule has 0 aliphatic rings. The van der Waals surface area contributed by atoms with Gasteiger partial charge in [0.05, 0.1) is 19.1 Å². The van der Waals surface area contributed by atoms with Gasteiger partial charge in [0, 0.05) is 0 Å². The molecule has 98 valence electrons. The number of rotatable bonds is 6. The Bertz CT molecular complexity index is 408. The van der Waals surface area contributed by atoms with E-state index in [2.05, 4.69) is 6.58 Å². The van der Waals surface area contributed by atoms with E-state index < -0.39 is 5.41 Å². The van der Waals surface area contributed by atoms with E-state index in [4.69, 9.17) is 9.47 Å². The van der Waals surface area contributed by atoms with Crippen LogP contribution in [0, 0.1) is 0 Å². The third kappa shape index (κ3) is 2.92. The fourth-order valence-corrected chi connectivity index (χ4v) is 1.92. The third-order valence-corrected chi connectivity index (χ3v) is 2.99. The zero-order valence-corrected chi connectivity index (χ0v) is 11.2. The molecular formula is C15H20O3. The number of allylic oxidation sites excluding steroid dienone is 1. The Labute approximate surface area is 108 Å². The van der Waals surface area contributed by atoms with Gasteiger partial charge in [0.25, 0.3) is 0 Å². The summed E-state index contributed by atoms with van der Waals surface area (Å²) in [4.78, 5) is 11.9. The van der Waals surface area contributed by atoms with Crippen LogP contribution in [0.5, 0.6) is 5.75 Å². The Balaban J connectivity index is 3.06. The van der Waals surface area contributed by atoms with Crippen LogP contribution >= 0.6 is 0 Å². The van der Waals surface area contributed by atoms with E-state index in [-0.39, 0.29) is 5.97 Å². The van der Waals surface area contributed by atoms with Crippen LogP contribution in [0.3, 0.4) is 0 Å². The summed E-state index contributed by atoms with van der Waals surface area (Å²) in [6.07, 6.45) is 2.26. The van der Waals surface area contributed by atoms with Gasteiger partial charge in [0.2, 0.25) is 0 Å². The van der Waals surface area contributed by atoms with Crippen LogP contribution in [-0.2, 0) is 14.9 Å². The predicted molar refractivity (Wildman–Crippen MR) is 71.8 cm³/mol. The van der Waals surface area contributed by atoms with Crippen LogP contribution in [0.4, 0.5) is 0 Å². The zero-order valence-electron chi connectivity index (χ0n) is 11.2. The summed E-state index contributed by atoms with van der Waals surface area (Å²) < 4.78 is 10.3. The van der Waals surface area contributed by atoms with Crippen LogP contribution < -0.4 is 4.74 Å². The van der Waals surface area contributed by atoms with Gasteiger partial charge in [-0.05, 0) is 38.0 Å². The quantitative estimate of drug-likeness (QED) is 0.573. The van der Waals surface area contributed by atoms with Crippen molar-refractivity contribution in [1.82, 2.24) is 0 Å². The van der Waals surface area contributed by atoms with E-state index in [1.807, 2.05) is 38.1 Å². The number of carbonyl (C=O) groups excluding carboxylic acids is 1. The standard InChI is InChI=1S/C15H20O3/c1-5-11-15(3,14(16)17-4)12-7-9-13(10-8-12)18-6-2/h5,7-10H,1,6,11H2,2-4H3. The van der Waals surface area contributed by atoms with Crippen molar-refractivity contribution in [3.8, 4) is 5.75 Å². The number of methoxy groups -OCH3 is 1. The first-order chi connectivity index (χ1) is 8.58. The van der Waals surface area contributed by atoms with E-state index in [1.165, 1.54) is 7.11 Å². The summed E-state index contributed by atoms with van der Waals surface area (Å²) in [5, 5.41) is 0. The molecule has 0 N–H and O–H groups in total. The molecule has 0 heterocycles. The topological polar surface area (TPSA) is 35.5 Å². The lowest BCUT2D eigenvalue weighted by atomic mass is 9.79. The van der Waals surface area contributed by atoms with Crippen molar-refractivity contribution in [2.75, 3.05) is 13.7 Å². The van der Waals surface area contributed by atoms with Crippen LogP contribution in [0.2, 0.25) is 0 Å². The molecule has 3 heteroatoms. The molecule has 1 aromatic carbocycles. The van der Waals surface area contributed by atoms with Gasteiger partial charge in [-0.15, -0.1) is 6.58 Å². The highest BCUT2D eigenvalue weighted by molar-refractivity contribution is 5.82. The summed E-state index contributed by atoms with van der Waals surface area (Å²) >= 11 is 0. The highest BCUT2D eigenvalue weighted by Gasteiger charge is 2.35. The minimum atomic E-state index is -0.693. The SMILES string of the molecule is C=CCC(C)(C(=O)OC)c1ccc(OCC)cc1. The van der Waals surface area contributed by atoms with Gasteiger partial charge in [-0.25, -0.2) is 0 Å². The van der Waals surface area contributed by atoms with Gasteiger partial charge >= 0.3 is 5.97 Å². The molecule has 0 bridgehead atoms. The van der Waals surface area contributed by atoms with Crippen molar-refractivity contribution in [1.29, 1.82) is 0 Å². The molecule has 1 aromatic rings. The monoisotopic (exact) mass is 248 g/mol. The van der Waals surface area contributed by atoms with Crippen molar-refractivity contribution in [3.63, 3.8) is 0 Å². The second-order valence-corrected chi connectivity index (χ2v) is 4.27. The molecule has 18 heavy (non-hydrogen) atoms. The van der Waals surface area contributed by atoms with Crippen molar-refractivity contribution in [3.05, 3.63) is 42.5 Å². The highest BCUT2D eigenvalue weighted by atomic mass is 16.5. The fourth-order valence-electron chi connectivity index (χ4n) is 1.92. The number of carbonyl (C=O) groups is 1. The number of hydrogen-bond donors (Lipinski definition) is 0. The molecule has 1 rings (SSSR count). The molecule has 0 spiro atoms. The molecule has 1 unspecified atom stereocenters. The smallest absolute Gasteiger partial charge is 0.316 e. The van der Waals surface area contributed by atoms with Gasteiger partial charge in [-0.3, -0.25) is 4.79 Å². The van der Waals surface area contributed by atoms with Gasteiger partial charge in [-0.2, -0.15) is 0 Å². The number of esters is 1. The molecular weight excluding hydrogens is 228 g/mol. The summed E-state index contributed by atoms with van der Waals surface area (Å²) in [7, 11) is 1.40. The second kappa shape index (κ2) is 6.24. The van der Waals surface area contributed by atoms with E-state index >= 15 is 0 Å². The van der Waals surface area contributed by atoms with E-state index in [0.717, 1.165) is 11.3 Å². The Morgan fingerprint density at radius 2 is 2.00 bits per heavy atom. The lowest BCUT2D eigenvalue weighted by Crippen LogP contribution is -2.33. The molecule has 0 saturated carbocycles. The van der Waals surface area contributed by atoms with Gasteiger partial charge in [-0.1, -0.05) is 18.2 Å². The molecule has 0 aliphatic carbocycles. The van der Waals surface area contributed by atoms with Crippen LogP contribution in [0.15, 0.2) is 36.9 Å². The second-order valence-electron chi connectivity index (χ2n) is 4.27. The van der Waals surface area contributed by atoms with E-state index in [9.17, 15) is 4.79 Å². The van der Waals surface area contributed by atoms with Crippen LogP contribution in [0.25, 0.3) is 0 Å². The van der Waals surface area contributed by atoms with Crippen LogP contribution in [0.1, 0.15) is 25.8 Å². The first kappa shape index (κ1) is 14.3. The van der Waals surface area contributed by atoms with Crippen LogP contribution in [-0.4, -0.2) is 19.7 Å². The maximum atomic E-state index is 11.9. The predicted octanol–water partition coefficient (Wildman–Crippen LogP) is 3.09. The van der Waals surface area contributed by atoms with E-state index in [1.54, 1.807) is 6.08 Å². The largest absolute Gasteiger partial charge is 0.494 e. The normalized spacial score (nSPS) is 13.5. The lowest BCUT2D eigenvalue weighted by molar-refractivity contribution is -0.146. The Hall–Kier alpha value is -1.77.